The normalized spacial score (nSPS) is 26.0. The number of hydrogen-bond donors (Lipinski definition) is 1. The summed E-state index contributed by atoms with van der Waals surface area (Å²) in [6, 6.07) is 6.40. The molecule has 1 aromatic rings. The van der Waals surface area contributed by atoms with Gasteiger partial charge < -0.3 is 10.5 Å². The van der Waals surface area contributed by atoms with Crippen LogP contribution in [0.2, 0.25) is 0 Å². The van der Waals surface area contributed by atoms with Crippen molar-refractivity contribution in [3.05, 3.63) is 23.8 Å². The smallest absolute Gasteiger partial charge is 0.119 e. The van der Waals surface area contributed by atoms with Crippen molar-refractivity contribution in [1.29, 1.82) is 0 Å². The van der Waals surface area contributed by atoms with Crippen molar-refractivity contribution < 1.29 is 4.74 Å². The largest absolute Gasteiger partial charge is 0.497 e. The average Bonchev–Trinajstić information content (AvgIpc) is 3.07. The second-order valence-corrected chi connectivity index (χ2v) is 5.96. The molecule has 1 aliphatic carbocycles. The van der Waals surface area contributed by atoms with E-state index >= 15 is 0 Å². The maximum Gasteiger partial charge on any atom is 0.119 e. The van der Waals surface area contributed by atoms with E-state index in [4.69, 9.17) is 10.5 Å². The van der Waals surface area contributed by atoms with Gasteiger partial charge in [0.05, 0.1) is 7.11 Å². The molecule has 1 heterocycles. The van der Waals surface area contributed by atoms with Crippen molar-refractivity contribution >= 4 is 11.8 Å². The zero-order valence-electron chi connectivity index (χ0n) is 9.53. The highest BCUT2D eigenvalue weighted by Gasteiger charge is 2.47. The van der Waals surface area contributed by atoms with Crippen molar-refractivity contribution in [3.63, 3.8) is 0 Å². The van der Waals surface area contributed by atoms with E-state index in [0.29, 0.717) is 5.92 Å². The number of ether oxygens (including phenoxy) is 1. The van der Waals surface area contributed by atoms with E-state index < -0.39 is 0 Å². The number of nitrogens with two attached hydrogens (primary N) is 1. The number of rotatable bonds is 2. The van der Waals surface area contributed by atoms with E-state index in [1.807, 2.05) is 17.8 Å². The van der Waals surface area contributed by atoms with Crippen molar-refractivity contribution in [1.82, 2.24) is 0 Å². The van der Waals surface area contributed by atoms with E-state index in [9.17, 15) is 0 Å². The summed E-state index contributed by atoms with van der Waals surface area (Å²) in [4.78, 5) is 1.40. The lowest BCUT2D eigenvalue weighted by atomic mass is 9.87. The van der Waals surface area contributed by atoms with Gasteiger partial charge in [-0.3, -0.25) is 0 Å². The van der Waals surface area contributed by atoms with Gasteiger partial charge in [-0.1, -0.05) is 0 Å². The Kier molecular flexibility index (Phi) is 2.41. The fourth-order valence-corrected chi connectivity index (χ4v) is 3.70. The third-order valence-electron chi connectivity index (χ3n) is 3.78. The van der Waals surface area contributed by atoms with Gasteiger partial charge in [0.25, 0.3) is 0 Å². The molecule has 1 saturated carbocycles. The van der Waals surface area contributed by atoms with Crippen LogP contribution in [0.25, 0.3) is 0 Å². The van der Waals surface area contributed by atoms with Crippen molar-refractivity contribution in [2.24, 2.45) is 5.73 Å². The maximum absolute atomic E-state index is 6.38. The number of fused-ring (bicyclic) bond motifs is 1. The molecule has 2 aliphatic rings. The van der Waals surface area contributed by atoms with E-state index in [1.54, 1.807) is 7.11 Å². The lowest BCUT2D eigenvalue weighted by Gasteiger charge is -2.30. The molecule has 0 spiro atoms. The van der Waals surface area contributed by atoms with Crippen LogP contribution in [0.5, 0.6) is 5.75 Å². The molecule has 86 valence electrons. The lowest BCUT2D eigenvalue weighted by molar-refractivity contribution is 0.411. The molecule has 1 aromatic carbocycles. The van der Waals surface area contributed by atoms with E-state index in [1.165, 1.54) is 35.5 Å². The first-order valence-electron chi connectivity index (χ1n) is 5.82. The summed E-state index contributed by atoms with van der Waals surface area (Å²) in [5.74, 6) is 2.69. The van der Waals surface area contributed by atoms with Crippen LogP contribution in [-0.4, -0.2) is 18.4 Å². The second-order valence-electron chi connectivity index (χ2n) is 4.83. The van der Waals surface area contributed by atoms with Crippen LogP contribution in [-0.2, 0) is 0 Å². The van der Waals surface area contributed by atoms with Crippen LogP contribution >= 0.6 is 11.8 Å². The number of thioether (sulfide) groups is 1. The Labute approximate surface area is 101 Å². The first kappa shape index (κ1) is 10.5. The van der Waals surface area contributed by atoms with Crippen molar-refractivity contribution in [2.75, 3.05) is 12.9 Å². The lowest BCUT2D eigenvalue weighted by Crippen LogP contribution is -2.32. The van der Waals surface area contributed by atoms with Crippen LogP contribution in [0.1, 0.15) is 30.7 Å². The van der Waals surface area contributed by atoms with E-state index in [-0.39, 0.29) is 5.54 Å². The van der Waals surface area contributed by atoms with E-state index in [2.05, 4.69) is 12.1 Å². The zero-order chi connectivity index (χ0) is 11.2. The van der Waals surface area contributed by atoms with Crippen LogP contribution in [0, 0.1) is 0 Å². The van der Waals surface area contributed by atoms with Crippen LogP contribution in [0.15, 0.2) is 23.1 Å². The first-order valence-corrected chi connectivity index (χ1v) is 6.81. The number of methoxy groups -OCH3 is 1. The Balaban J connectivity index is 2.02. The Morgan fingerprint density at radius 1 is 1.44 bits per heavy atom. The van der Waals surface area contributed by atoms with Gasteiger partial charge in [0.2, 0.25) is 0 Å². The molecule has 1 fully saturated rings. The summed E-state index contributed by atoms with van der Waals surface area (Å²) >= 11 is 1.94. The Morgan fingerprint density at radius 3 is 2.94 bits per heavy atom. The fourth-order valence-electron chi connectivity index (χ4n) is 2.59. The summed E-state index contributed by atoms with van der Waals surface area (Å²) < 4.78 is 5.31. The molecule has 2 N–H and O–H groups in total. The standard InChI is InChI=1S/C13H17NOS/c1-15-9-2-3-12-10(8-9)11(4-7-16-12)13(14)5-6-13/h2-3,8,11H,4-7,14H2,1H3. The predicted molar refractivity (Wildman–Crippen MR) is 67.2 cm³/mol. The zero-order valence-corrected chi connectivity index (χ0v) is 10.3. The molecular weight excluding hydrogens is 218 g/mol. The summed E-state index contributed by atoms with van der Waals surface area (Å²) in [5.41, 5.74) is 7.88. The molecule has 0 radical (unpaired) electrons. The minimum atomic E-state index is 0.0854. The molecule has 1 aliphatic heterocycles. The molecule has 0 aromatic heterocycles. The second kappa shape index (κ2) is 3.67. The monoisotopic (exact) mass is 235 g/mol. The Hall–Kier alpha value is -0.670. The van der Waals surface area contributed by atoms with Crippen molar-refractivity contribution in [3.8, 4) is 5.75 Å². The van der Waals surface area contributed by atoms with Crippen LogP contribution in [0.4, 0.5) is 0 Å². The molecule has 0 amide bonds. The van der Waals surface area contributed by atoms with Gasteiger partial charge >= 0.3 is 0 Å². The van der Waals surface area contributed by atoms with Gasteiger partial charge in [0.1, 0.15) is 5.75 Å². The topological polar surface area (TPSA) is 35.2 Å². The minimum Gasteiger partial charge on any atom is -0.497 e. The van der Waals surface area contributed by atoms with Gasteiger partial charge in [-0.15, -0.1) is 11.8 Å². The summed E-state index contributed by atoms with van der Waals surface area (Å²) in [5, 5.41) is 0. The fraction of sp³-hybridized carbons (Fsp3) is 0.538. The summed E-state index contributed by atoms with van der Waals surface area (Å²) in [7, 11) is 1.72. The minimum absolute atomic E-state index is 0.0854. The molecule has 3 rings (SSSR count). The highest BCUT2D eigenvalue weighted by molar-refractivity contribution is 7.99. The highest BCUT2D eigenvalue weighted by Crippen LogP contribution is 2.52. The molecular formula is C13H17NOS. The number of benzene rings is 1. The number of hydrogen-bond acceptors (Lipinski definition) is 3. The molecule has 1 unspecified atom stereocenters. The predicted octanol–water partition coefficient (Wildman–Crippen LogP) is 2.77. The average molecular weight is 235 g/mol. The van der Waals surface area contributed by atoms with Gasteiger partial charge in [-0.2, -0.15) is 0 Å². The quantitative estimate of drug-likeness (QED) is 0.856. The van der Waals surface area contributed by atoms with Crippen molar-refractivity contribution in [2.45, 2.75) is 35.6 Å². The molecule has 1 atom stereocenters. The first-order chi connectivity index (χ1) is 7.73. The summed E-state index contributed by atoms with van der Waals surface area (Å²) in [6.07, 6.45) is 3.57. The van der Waals surface area contributed by atoms with Crippen LogP contribution < -0.4 is 10.5 Å². The summed E-state index contributed by atoms with van der Waals surface area (Å²) in [6.45, 7) is 0. The van der Waals surface area contributed by atoms with Gasteiger partial charge in [-0.05, 0) is 48.8 Å². The molecule has 2 nitrogen and oxygen atoms in total. The van der Waals surface area contributed by atoms with Gasteiger partial charge in [0, 0.05) is 16.4 Å². The highest BCUT2D eigenvalue weighted by atomic mass is 32.2. The molecule has 3 heteroatoms. The molecule has 0 saturated heterocycles. The maximum atomic E-state index is 6.38. The Morgan fingerprint density at radius 2 is 2.25 bits per heavy atom. The Bertz CT molecular complexity index is 414. The van der Waals surface area contributed by atoms with Gasteiger partial charge in [-0.25, -0.2) is 0 Å². The third-order valence-corrected chi connectivity index (χ3v) is 4.90. The molecule has 16 heavy (non-hydrogen) atoms. The third kappa shape index (κ3) is 1.62. The van der Waals surface area contributed by atoms with Crippen LogP contribution in [0.3, 0.4) is 0 Å². The van der Waals surface area contributed by atoms with E-state index in [0.717, 1.165) is 5.75 Å². The SMILES string of the molecule is COc1ccc2c(c1)C(C1(N)CC1)CCS2. The molecule has 0 bridgehead atoms. The van der Waals surface area contributed by atoms with Gasteiger partial charge in [0.15, 0.2) is 0 Å².